The normalized spacial score (nSPS) is 27.0. The summed E-state index contributed by atoms with van der Waals surface area (Å²) in [6, 6.07) is 0. The molecule has 6 nitrogen and oxygen atoms in total. The van der Waals surface area contributed by atoms with Gasteiger partial charge >= 0.3 is 6.09 Å². The van der Waals surface area contributed by atoms with Crippen LogP contribution >= 0.6 is 0 Å². The lowest BCUT2D eigenvalue weighted by atomic mass is 9.75. The van der Waals surface area contributed by atoms with Crippen LogP contribution in [-0.4, -0.2) is 44.4 Å². The standard InChI is InChI=1S/C14H25NO5S/c1-13(2,3)20-12(17)15-9-14(10-16)7-5-11(6-8-14)21(4,18)19/h10-11H,5-9H2,1-4H3,(H,15,17). The molecule has 1 fully saturated rings. The first-order chi connectivity index (χ1) is 9.47. The molecule has 0 heterocycles. The second-order valence-corrected chi connectivity index (χ2v) is 9.19. The van der Waals surface area contributed by atoms with Crippen LogP contribution in [0.4, 0.5) is 4.79 Å². The zero-order valence-corrected chi connectivity index (χ0v) is 14.0. The number of aldehydes is 1. The number of ether oxygens (including phenoxy) is 1. The van der Waals surface area contributed by atoms with E-state index >= 15 is 0 Å². The maximum absolute atomic E-state index is 11.6. The summed E-state index contributed by atoms with van der Waals surface area (Å²) in [5.41, 5.74) is -1.27. The van der Waals surface area contributed by atoms with Crippen molar-refractivity contribution in [1.29, 1.82) is 0 Å². The number of rotatable bonds is 4. The molecule has 7 heteroatoms. The van der Waals surface area contributed by atoms with Gasteiger partial charge in [-0.15, -0.1) is 0 Å². The lowest BCUT2D eigenvalue weighted by Crippen LogP contribution is -2.44. The maximum Gasteiger partial charge on any atom is 0.407 e. The number of carbonyl (C=O) groups is 2. The van der Waals surface area contributed by atoms with E-state index in [1.165, 1.54) is 6.26 Å². The van der Waals surface area contributed by atoms with Gasteiger partial charge in [0.2, 0.25) is 0 Å². The highest BCUT2D eigenvalue weighted by atomic mass is 32.2. The third kappa shape index (κ3) is 5.65. The molecule has 1 aliphatic rings. The molecule has 122 valence electrons. The quantitative estimate of drug-likeness (QED) is 0.796. The Bertz CT molecular complexity index is 484. The molecule has 0 aromatic carbocycles. The molecule has 0 saturated heterocycles. The van der Waals surface area contributed by atoms with Crippen LogP contribution in [-0.2, 0) is 19.4 Å². The van der Waals surface area contributed by atoms with Crippen molar-refractivity contribution in [2.45, 2.75) is 57.3 Å². The molecule has 0 aromatic rings. The van der Waals surface area contributed by atoms with Crippen LogP contribution in [0.5, 0.6) is 0 Å². The van der Waals surface area contributed by atoms with Crippen LogP contribution in [0, 0.1) is 5.41 Å². The molecule has 1 amide bonds. The molecule has 1 saturated carbocycles. The first-order valence-corrected chi connectivity index (χ1v) is 9.05. The van der Waals surface area contributed by atoms with Crippen molar-refractivity contribution >= 4 is 22.2 Å². The predicted octanol–water partition coefficient (Wildman–Crippen LogP) is 1.68. The second-order valence-electron chi connectivity index (χ2n) is 6.86. The summed E-state index contributed by atoms with van der Waals surface area (Å²) in [5, 5.41) is 2.23. The highest BCUT2D eigenvalue weighted by Gasteiger charge is 2.38. The van der Waals surface area contributed by atoms with Gasteiger partial charge in [-0.1, -0.05) is 0 Å². The van der Waals surface area contributed by atoms with Gasteiger partial charge in [-0.3, -0.25) is 0 Å². The summed E-state index contributed by atoms with van der Waals surface area (Å²) in [6.45, 7) is 5.47. The molecular weight excluding hydrogens is 294 g/mol. The van der Waals surface area contributed by atoms with E-state index in [1.54, 1.807) is 20.8 Å². The summed E-state index contributed by atoms with van der Waals surface area (Å²) >= 11 is 0. The van der Waals surface area contributed by atoms with Gasteiger partial charge in [-0.05, 0) is 46.5 Å². The minimum absolute atomic E-state index is 0.182. The van der Waals surface area contributed by atoms with Gasteiger partial charge in [0.1, 0.15) is 21.7 Å². The van der Waals surface area contributed by atoms with E-state index in [-0.39, 0.29) is 11.8 Å². The van der Waals surface area contributed by atoms with Crippen LogP contribution in [0.1, 0.15) is 46.5 Å². The Kier molecular flexibility index (Phi) is 5.41. The van der Waals surface area contributed by atoms with Crippen molar-refractivity contribution in [2.24, 2.45) is 5.41 Å². The first kappa shape index (κ1) is 17.9. The van der Waals surface area contributed by atoms with Crippen molar-refractivity contribution in [3.63, 3.8) is 0 Å². The van der Waals surface area contributed by atoms with Crippen molar-refractivity contribution in [1.82, 2.24) is 5.32 Å². The molecule has 0 bridgehead atoms. The van der Waals surface area contributed by atoms with Crippen molar-refractivity contribution in [2.75, 3.05) is 12.8 Å². The summed E-state index contributed by atoms with van der Waals surface area (Å²) in [6.07, 6.45) is 3.33. The topological polar surface area (TPSA) is 89.5 Å². The van der Waals surface area contributed by atoms with Crippen molar-refractivity contribution in [3.05, 3.63) is 0 Å². The van der Waals surface area contributed by atoms with E-state index in [0.29, 0.717) is 25.7 Å². The van der Waals surface area contributed by atoms with Gasteiger partial charge in [-0.2, -0.15) is 0 Å². The molecule has 21 heavy (non-hydrogen) atoms. The monoisotopic (exact) mass is 319 g/mol. The Labute approximate surface area is 126 Å². The number of amides is 1. The van der Waals surface area contributed by atoms with Gasteiger partial charge < -0.3 is 14.8 Å². The predicted molar refractivity (Wildman–Crippen MR) is 79.8 cm³/mol. The molecule has 0 spiro atoms. The molecule has 0 atom stereocenters. The lowest BCUT2D eigenvalue weighted by molar-refractivity contribution is -0.117. The van der Waals surface area contributed by atoms with Gasteiger partial charge in [0.05, 0.1) is 5.25 Å². The van der Waals surface area contributed by atoms with Gasteiger partial charge in [0, 0.05) is 18.2 Å². The minimum Gasteiger partial charge on any atom is -0.444 e. The summed E-state index contributed by atoms with van der Waals surface area (Å²) in [5.74, 6) is 0. The van der Waals surface area contributed by atoms with E-state index in [0.717, 1.165) is 6.29 Å². The highest BCUT2D eigenvalue weighted by Crippen LogP contribution is 2.36. The van der Waals surface area contributed by atoms with E-state index < -0.39 is 26.9 Å². The van der Waals surface area contributed by atoms with E-state index in [9.17, 15) is 18.0 Å². The van der Waals surface area contributed by atoms with Crippen molar-refractivity contribution in [3.8, 4) is 0 Å². The van der Waals surface area contributed by atoms with Crippen LogP contribution in [0.3, 0.4) is 0 Å². The molecular formula is C14H25NO5S. The Morgan fingerprint density at radius 3 is 2.24 bits per heavy atom. The summed E-state index contributed by atoms with van der Waals surface area (Å²) < 4.78 is 28.2. The number of sulfone groups is 1. The molecule has 0 unspecified atom stereocenters. The first-order valence-electron chi connectivity index (χ1n) is 7.09. The maximum atomic E-state index is 11.6. The largest absolute Gasteiger partial charge is 0.444 e. The zero-order chi connectivity index (χ0) is 16.3. The van der Waals surface area contributed by atoms with Gasteiger partial charge in [0.15, 0.2) is 0 Å². The lowest BCUT2D eigenvalue weighted by Gasteiger charge is -2.35. The Morgan fingerprint density at radius 2 is 1.86 bits per heavy atom. The molecule has 0 radical (unpaired) electrons. The molecule has 0 aliphatic heterocycles. The molecule has 1 rings (SSSR count). The van der Waals surface area contributed by atoms with Gasteiger partial charge in [-0.25, -0.2) is 13.2 Å². The number of nitrogens with one attached hydrogen (secondary N) is 1. The summed E-state index contributed by atoms with van der Waals surface area (Å²) in [7, 11) is -3.07. The fraction of sp³-hybridized carbons (Fsp3) is 0.857. The average molecular weight is 319 g/mol. The smallest absolute Gasteiger partial charge is 0.407 e. The highest BCUT2D eigenvalue weighted by molar-refractivity contribution is 7.91. The van der Waals surface area contributed by atoms with Crippen LogP contribution in [0.25, 0.3) is 0 Å². The fourth-order valence-electron chi connectivity index (χ4n) is 2.49. The third-order valence-corrected chi connectivity index (χ3v) is 5.45. The molecule has 0 aromatic heterocycles. The Hall–Kier alpha value is -1.11. The van der Waals surface area contributed by atoms with E-state index in [1.807, 2.05) is 0 Å². The fourth-order valence-corrected chi connectivity index (χ4v) is 3.59. The Balaban J connectivity index is 2.57. The van der Waals surface area contributed by atoms with Crippen LogP contribution in [0.15, 0.2) is 0 Å². The van der Waals surface area contributed by atoms with Crippen LogP contribution in [0.2, 0.25) is 0 Å². The van der Waals surface area contributed by atoms with E-state index in [2.05, 4.69) is 5.32 Å². The number of hydrogen-bond donors (Lipinski definition) is 1. The van der Waals surface area contributed by atoms with E-state index in [4.69, 9.17) is 4.74 Å². The van der Waals surface area contributed by atoms with Gasteiger partial charge in [0.25, 0.3) is 0 Å². The zero-order valence-electron chi connectivity index (χ0n) is 13.1. The number of hydrogen-bond acceptors (Lipinski definition) is 5. The molecule has 1 N–H and O–H groups in total. The number of alkyl carbamates (subject to hydrolysis) is 1. The minimum atomic E-state index is -3.07. The number of carbonyl (C=O) groups excluding carboxylic acids is 2. The van der Waals surface area contributed by atoms with Crippen LogP contribution < -0.4 is 5.32 Å². The Morgan fingerprint density at radius 1 is 1.33 bits per heavy atom. The second kappa shape index (κ2) is 6.34. The molecule has 1 aliphatic carbocycles. The summed E-state index contributed by atoms with van der Waals surface area (Å²) in [4.78, 5) is 23.0. The SMILES string of the molecule is CC(C)(C)OC(=O)NCC1(C=O)CCC(S(C)(=O)=O)CC1. The third-order valence-electron chi connectivity index (χ3n) is 3.77. The average Bonchev–Trinajstić information content (AvgIpc) is 2.34. The van der Waals surface area contributed by atoms with Crippen molar-refractivity contribution < 1.29 is 22.7 Å².